The van der Waals surface area contributed by atoms with Crippen molar-refractivity contribution in [2.75, 3.05) is 19.0 Å². The SMILES string of the molecule is CN(C)c1ccc(C2CCCCCC2CC#N)cc1. The van der Waals surface area contributed by atoms with Crippen molar-refractivity contribution < 1.29 is 0 Å². The molecule has 0 bridgehead atoms. The summed E-state index contributed by atoms with van der Waals surface area (Å²) in [5.41, 5.74) is 2.67. The van der Waals surface area contributed by atoms with Crippen LogP contribution in [0.2, 0.25) is 0 Å². The highest BCUT2D eigenvalue weighted by atomic mass is 15.1. The third-order valence-corrected chi connectivity index (χ3v) is 4.35. The Hall–Kier alpha value is -1.49. The Labute approximate surface area is 117 Å². The first-order chi connectivity index (χ1) is 9.22. The van der Waals surface area contributed by atoms with E-state index in [1.807, 2.05) is 0 Å². The molecule has 2 unspecified atom stereocenters. The monoisotopic (exact) mass is 256 g/mol. The summed E-state index contributed by atoms with van der Waals surface area (Å²) in [5.74, 6) is 1.14. The molecule has 102 valence electrons. The predicted octanol–water partition coefficient (Wildman–Crippen LogP) is 4.33. The zero-order valence-electron chi connectivity index (χ0n) is 12.1. The lowest BCUT2D eigenvalue weighted by Gasteiger charge is -2.24. The molecule has 1 aromatic rings. The van der Waals surface area contributed by atoms with Crippen LogP contribution in [0, 0.1) is 17.2 Å². The van der Waals surface area contributed by atoms with E-state index in [9.17, 15) is 0 Å². The molecule has 19 heavy (non-hydrogen) atoms. The van der Waals surface area contributed by atoms with E-state index in [0.29, 0.717) is 18.3 Å². The molecule has 2 rings (SSSR count). The zero-order chi connectivity index (χ0) is 13.7. The molecule has 0 heterocycles. The maximum atomic E-state index is 9.04. The summed E-state index contributed by atoms with van der Waals surface area (Å²) in [6.07, 6.45) is 7.09. The van der Waals surface area contributed by atoms with Crippen LogP contribution in [0.1, 0.15) is 50.0 Å². The molecular formula is C17H24N2. The Balaban J connectivity index is 2.18. The summed E-state index contributed by atoms with van der Waals surface area (Å²) in [4.78, 5) is 2.13. The Morgan fingerprint density at radius 2 is 1.79 bits per heavy atom. The molecule has 0 spiro atoms. The van der Waals surface area contributed by atoms with E-state index in [1.54, 1.807) is 0 Å². The van der Waals surface area contributed by atoms with E-state index in [0.717, 1.165) is 0 Å². The normalized spacial score (nSPS) is 23.4. The topological polar surface area (TPSA) is 27.0 Å². The Bertz CT molecular complexity index is 428. The van der Waals surface area contributed by atoms with Crippen LogP contribution in [0.25, 0.3) is 0 Å². The summed E-state index contributed by atoms with van der Waals surface area (Å²) in [6, 6.07) is 11.3. The van der Waals surface area contributed by atoms with Gasteiger partial charge in [-0.3, -0.25) is 0 Å². The van der Waals surface area contributed by atoms with Gasteiger partial charge >= 0.3 is 0 Å². The van der Waals surface area contributed by atoms with Crippen LogP contribution in [0.3, 0.4) is 0 Å². The third-order valence-electron chi connectivity index (χ3n) is 4.35. The number of benzene rings is 1. The fourth-order valence-corrected chi connectivity index (χ4v) is 3.20. The molecule has 0 saturated heterocycles. The lowest BCUT2D eigenvalue weighted by atomic mass is 9.81. The first-order valence-corrected chi connectivity index (χ1v) is 7.36. The molecule has 0 aromatic heterocycles. The molecule has 1 fully saturated rings. The lowest BCUT2D eigenvalue weighted by molar-refractivity contribution is 0.406. The van der Waals surface area contributed by atoms with E-state index in [1.165, 1.54) is 43.4 Å². The highest BCUT2D eigenvalue weighted by Gasteiger charge is 2.24. The van der Waals surface area contributed by atoms with Gasteiger partial charge in [0.25, 0.3) is 0 Å². The van der Waals surface area contributed by atoms with Crippen LogP contribution < -0.4 is 4.90 Å². The van der Waals surface area contributed by atoms with E-state index >= 15 is 0 Å². The van der Waals surface area contributed by atoms with Crippen LogP contribution in [-0.2, 0) is 0 Å². The van der Waals surface area contributed by atoms with Gasteiger partial charge in [-0.2, -0.15) is 5.26 Å². The third kappa shape index (κ3) is 3.50. The van der Waals surface area contributed by atoms with Crippen LogP contribution >= 0.6 is 0 Å². The molecule has 2 atom stereocenters. The second kappa shape index (κ2) is 6.61. The minimum atomic E-state index is 0.553. The van der Waals surface area contributed by atoms with Crippen LogP contribution in [0.15, 0.2) is 24.3 Å². The molecule has 2 nitrogen and oxygen atoms in total. The van der Waals surface area contributed by atoms with E-state index < -0.39 is 0 Å². The van der Waals surface area contributed by atoms with Crippen molar-refractivity contribution in [2.24, 2.45) is 5.92 Å². The second-order valence-corrected chi connectivity index (χ2v) is 5.85. The predicted molar refractivity (Wildman–Crippen MR) is 80.3 cm³/mol. The van der Waals surface area contributed by atoms with Gasteiger partial charge in [0, 0.05) is 26.2 Å². The first kappa shape index (κ1) is 13.9. The molecule has 2 heteroatoms. The van der Waals surface area contributed by atoms with Gasteiger partial charge in [0.1, 0.15) is 0 Å². The fourth-order valence-electron chi connectivity index (χ4n) is 3.20. The van der Waals surface area contributed by atoms with Gasteiger partial charge in [-0.05, 0) is 42.4 Å². The maximum absolute atomic E-state index is 9.04. The fraction of sp³-hybridized carbons (Fsp3) is 0.588. The summed E-state index contributed by atoms with van der Waals surface area (Å²) in [6.45, 7) is 0. The van der Waals surface area contributed by atoms with Gasteiger partial charge < -0.3 is 4.90 Å². The first-order valence-electron chi connectivity index (χ1n) is 7.36. The standard InChI is InChI=1S/C17H24N2/c1-19(2)16-10-8-15(9-11-16)17-7-5-3-4-6-14(17)12-13-18/h8-11,14,17H,3-7,12H2,1-2H3. The van der Waals surface area contributed by atoms with Crippen molar-refractivity contribution in [2.45, 2.75) is 44.4 Å². The molecular weight excluding hydrogens is 232 g/mol. The molecule has 0 radical (unpaired) electrons. The molecule has 0 N–H and O–H groups in total. The number of anilines is 1. The van der Waals surface area contributed by atoms with Crippen molar-refractivity contribution in [1.29, 1.82) is 5.26 Å². The Kier molecular flexibility index (Phi) is 4.85. The van der Waals surface area contributed by atoms with Crippen molar-refractivity contribution in [3.63, 3.8) is 0 Å². The molecule has 1 saturated carbocycles. The van der Waals surface area contributed by atoms with Crippen molar-refractivity contribution in [3.8, 4) is 6.07 Å². The van der Waals surface area contributed by atoms with Gasteiger partial charge in [0.15, 0.2) is 0 Å². The number of hydrogen-bond acceptors (Lipinski definition) is 2. The van der Waals surface area contributed by atoms with Gasteiger partial charge in [-0.1, -0.05) is 31.4 Å². The zero-order valence-corrected chi connectivity index (χ0v) is 12.1. The minimum Gasteiger partial charge on any atom is -0.378 e. The Morgan fingerprint density at radius 1 is 1.11 bits per heavy atom. The summed E-state index contributed by atoms with van der Waals surface area (Å²) in [7, 11) is 4.14. The number of nitrogens with zero attached hydrogens (tertiary/aromatic N) is 2. The Morgan fingerprint density at radius 3 is 2.42 bits per heavy atom. The van der Waals surface area contributed by atoms with Gasteiger partial charge in [-0.15, -0.1) is 0 Å². The highest BCUT2D eigenvalue weighted by molar-refractivity contribution is 5.46. The summed E-state index contributed by atoms with van der Waals surface area (Å²) < 4.78 is 0. The lowest BCUT2D eigenvalue weighted by Crippen LogP contribution is -2.12. The average Bonchev–Trinajstić information content (AvgIpc) is 2.65. The largest absolute Gasteiger partial charge is 0.378 e. The number of hydrogen-bond donors (Lipinski definition) is 0. The molecule has 0 amide bonds. The molecule has 0 aliphatic heterocycles. The van der Waals surface area contributed by atoms with Gasteiger partial charge in [0.05, 0.1) is 6.07 Å². The van der Waals surface area contributed by atoms with E-state index in [2.05, 4.69) is 49.3 Å². The quantitative estimate of drug-likeness (QED) is 0.753. The number of nitriles is 1. The molecule has 1 aliphatic carbocycles. The average molecular weight is 256 g/mol. The minimum absolute atomic E-state index is 0.553. The van der Waals surface area contributed by atoms with Crippen LogP contribution in [-0.4, -0.2) is 14.1 Å². The molecule has 1 aliphatic rings. The van der Waals surface area contributed by atoms with Crippen LogP contribution in [0.5, 0.6) is 0 Å². The van der Waals surface area contributed by atoms with E-state index in [4.69, 9.17) is 5.26 Å². The van der Waals surface area contributed by atoms with E-state index in [-0.39, 0.29) is 0 Å². The number of rotatable bonds is 3. The van der Waals surface area contributed by atoms with Gasteiger partial charge in [0.2, 0.25) is 0 Å². The van der Waals surface area contributed by atoms with Gasteiger partial charge in [-0.25, -0.2) is 0 Å². The summed E-state index contributed by atoms with van der Waals surface area (Å²) in [5, 5.41) is 9.04. The second-order valence-electron chi connectivity index (χ2n) is 5.85. The van der Waals surface area contributed by atoms with Crippen molar-refractivity contribution >= 4 is 5.69 Å². The summed E-state index contributed by atoms with van der Waals surface area (Å²) >= 11 is 0. The maximum Gasteiger partial charge on any atom is 0.0624 e. The van der Waals surface area contributed by atoms with Crippen molar-refractivity contribution in [1.82, 2.24) is 0 Å². The van der Waals surface area contributed by atoms with Crippen LogP contribution in [0.4, 0.5) is 5.69 Å². The van der Waals surface area contributed by atoms with Crippen molar-refractivity contribution in [3.05, 3.63) is 29.8 Å². The highest BCUT2D eigenvalue weighted by Crippen LogP contribution is 2.38. The smallest absolute Gasteiger partial charge is 0.0624 e. The molecule has 1 aromatic carbocycles.